The zero-order valence-corrected chi connectivity index (χ0v) is 10.3. The lowest BCUT2D eigenvalue weighted by molar-refractivity contribution is 0.556. The van der Waals surface area contributed by atoms with E-state index in [2.05, 4.69) is 22.5 Å². The average Bonchev–Trinajstić information content (AvgIpc) is 2.01. The fourth-order valence-electron chi connectivity index (χ4n) is 1.14. The van der Waals surface area contributed by atoms with E-state index in [1.165, 1.54) is 6.07 Å². The summed E-state index contributed by atoms with van der Waals surface area (Å²) in [6.07, 6.45) is 0. The first kappa shape index (κ1) is 11.4. The van der Waals surface area contributed by atoms with Crippen LogP contribution in [0.2, 0.25) is 0 Å². The van der Waals surface area contributed by atoms with Crippen LogP contribution in [0, 0.1) is 11.2 Å². The number of halogens is 2. The Morgan fingerprint density at radius 2 is 1.93 bits per heavy atom. The van der Waals surface area contributed by atoms with Gasteiger partial charge in [-0.3, -0.25) is 0 Å². The molecular weight excluding hydrogens is 243 g/mol. The molecule has 0 N–H and O–H groups in total. The molecule has 0 heterocycles. The predicted molar refractivity (Wildman–Crippen MR) is 62.6 cm³/mol. The van der Waals surface area contributed by atoms with Crippen molar-refractivity contribution >= 4 is 21.5 Å². The van der Waals surface area contributed by atoms with Crippen LogP contribution in [0.1, 0.15) is 26.3 Å². The second kappa shape index (κ2) is 3.85. The van der Waals surface area contributed by atoms with Gasteiger partial charge in [0.25, 0.3) is 0 Å². The summed E-state index contributed by atoms with van der Waals surface area (Å²) in [4.78, 5) is 0. The van der Waals surface area contributed by atoms with Gasteiger partial charge < -0.3 is 0 Å². The Kier molecular flexibility index (Phi) is 3.15. The van der Waals surface area contributed by atoms with Gasteiger partial charge in [0.05, 0.1) is 0 Å². The second-order valence-corrected chi connectivity index (χ2v) is 5.27. The monoisotopic (exact) mass is 256 g/mol. The minimum absolute atomic E-state index is 0.103. The summed E-state index contributed by atoms with van der Waals surface area (Å²) in [5.41, 5.74) is 1.32. The summed E-state index contributed by atoms with van der Waals surface area (Å²) >= 11 is 3.23. The Hall–Kier alpha value is -0.630. The number of hydrogen-bond donors (Lipinski definition) is 0. The van der Waals surface area contributed by atoms with Gasteiger partial charge in [0.15, 0.2) is 0 Å². The largest absolute Gasteiger partial charge is 0.206 e. The fraction of sp³-hybridized carbons (Fsp3) is 0.333. The SMILES string of the molecule is C=C(c1ccc(Br)cc1F)C(C)(C)C. The summed E-state index contributed by atoms with van der Waals surface area (Å²) in [5, 5.41) is 0. The van der Waals surface area contributed by atoms with Crippen molar-refractivity contribution < 1.29 is 4.39 Å². The van der Waals surface area contributed by atoms with Gasteiger partial charge in [-0.2, -0.15) is 0 Å². The van der Waals surface area contributed by atoms with Crippen LogP contribution in [-0.2, 0) is 0 Å². The van der Waals surface area contributed by atoms with Crippen LogP contribution in [-0.4, -0.2) is 0 Å². The number of rotatable bonds is 1. The van der Waals surface area contributed by atoms with E-state index < -0.39 is 0 Å². The molecule has 0 fully saturated rings. The maximum atomic E-state index is 13.5. The van der Waals surface area contributed by atoms with Gasteiger partial charge in [0.2, 0.25) is 0 Å². The number of hydrogen-bond acceptors (Lipinski definition) is 0. The normalized spacial score (nSPS) is 11.5. The smallest absolute Gasteiger partial charge is 0.131 e. The molecule has 0 nitrogen and oxygen atoms in total. The lowest BCUT2D eigenvalue weighted by Gasteiger charge is -2.22. The van der Waals surface area contributed by atoms with Crippen LogP contribution in [0.5, 0.6) is 0 Å². The second-order valence-electron chi connectivity index (χ2n) is 4.35. The molecule has 1 aromatic rings. The molecule has 76 valence electrons. The molecule has 1 rings (SSSR count). The van der Waals surface area contributed by atoms with Crippen LogP contribution < -0.4 is 0 Å². The Labute approximate surface area is 93.0 Å². The molecule has 1 aromatic carbocycles. The number of allylic oxidation sites excluding steroid dienone is 1. The minimum atomic E-state index is -0.223. The van der Waals surface area contributed by atoms with Gasteiger partial charge in [0.1, 0.15) is 5.82 Å². The molecule has 2 heteroatoms. The van der Waals surface area contributed by atoms with Crippen molar-refractivity contribution in [3.63, 3.8) is 0 Å². The van der Waals surface area contributed by atoms with Gasteiger partial charge >= 0.3 is 0 Å². The number of benzene rings is 1. The van der Waals surface area contributed by atoms with E-state index in [0.717, 1.165) is 10.0 Å². The molecule has 0 aliphatic carbocycles. The lowest BCUT2D eigenvalue weighted by Crippen LogP contribution is -2.08. The van der Waals surface area contributed by atoms with E-state index in [4.69, 9.17) is 0 Å². The van der Waals surface area contributed by atoms with E-state index in [-0.39, 0.29) is 11.2 Å². The van der Waals surface area contributed by atoms with Crippen LogP contribution >= 0.6 is 15.9 Å². The van der Waals surface area contributed by atoms with Crippen molar-refractivity contribution in [2.45, 2.75) is 20.8 Å². The first-order chi connectivity index (χ1) is 6.32. The highest BCUT2D eigenvalue weighted by molar-refractivity contribution is 9.10. The van der Waals surface area contributed by atoms with Crippen molar-refractivity contribution in [3.05, 3.63) is 40.6 Å². The third-order valence-electron chi connectivity index (χ3n) is 2.16. The lowest BCUT2D eigenvalue weighted by atomic mass is 9.83. The first-order valence-electron chi connectivity index (χ1n) is 4.47. The molecule has 0 atom stereocenters. The van der Waals surface area contributed by atoms with Crippen molar-refractivity contribution in [2.75, 3.05) is 0 Å². The topological polar surface area (TPSA) is 0 Å². The molecule has 0 saturated carbocycles. The molecule has 0 radical (unpaired) electrons. The zero-order valence-electron chi connectivity index (χ0n) is 8.70. The Balaban J connectivity index is 3.15. The first-order valence-corrected chi connectivity index (χ1v) is 5.26. The fourth-order valence-corrected chi connectivity index (χ4v) is 1.47. The maximum absolute atomic E-state index is 13.5. The van der Waals surface area contributed by atoms with E-state index in [1.54, 1.807) is 6.07 Å². The van der Waals surface area contributed by atoms with Crippen molar-refractivity contribution in [1.29, 1.82) is 0 Å². The zero-order chi connectivity index (χ0) is 10.9. The highest BCUT2D eigenvalue weighted by Crippen LogP contribution is 2.34. The van der Waals surface area contributed by atoms with Crippen LogP contribution in [0.25, 0.3) is 5.57 Å². The molecule has 0 spiro atoms. The van der Waals surface area contributed by atoms with E-state index in [9.17, 15) is 4.39 Å². The molecular formula is C12H14BrF. The van der Waals surface area contributed by atoms with E-state index >= 15 is 0 Å². The summed E-state index contributed by atoms with van der Waals surface area (Å²) in [6.45, 7) is 10.0. The van der Waals surface area contributed by atoms with Gasteiger partial charge in [-0.25, -0.2) is 4.39 Å². The van der Waals surface area contributed by atoms with Gasteiger partial charge in [-0.1, -0.05) is 49.3 Å². The molecule has 14 heavy (non-hydrogen) atoms. The molecule has 0 amide bonds. The molecule has 0 bridgehead atoms. The minimum Gasteiger partial charge on any atom is -0.206 e. The molecule has 0 saturated heterocycles. The summed E-state index contributed by atoms with van der Waals surface area (Å²) in [6, 6.07) is 5.05. The standard InChI is InChI=1S/C12H14BrF/c1-8(12(2,3)4)10-6-5-9(13)7-11(10)14/h5-7H,1H2,2-4H3. The molecule has 0 aliphatic heterocycles. The van der Waals surface area contributed by atoms with Crippen molar-refractivity contribution in [1.82, 2.24) is 0 Å². The van der Waals surface area contributed by atoms with Crippen molar-refractivity contribution in [3.8, 4) is 0 Å². The predicted octanol–water partition coefficient (Wildman–Crippen LogP) is 4.65. The average molecular weight is 257 g/mol. The van der Waals surface area contributed by atoms with Crippen molar-refractivity contribution in [2.24, 2.45) is 5.41 Å². The van der Waals surface area contributed by atoms with Crippen LogP contribution in [0.3, 0.4) is 0 Å². The van der Waals surface area contributed by atoms with E-state index in [0.29, 0.717) is 5.56 Å². The van der Waals surface area contributed by atoms with E-state index in [1.807, 2.05) is 26.8 Å². The summed E-state index contributed by atoms with van der Waals surface area (Å²) in [5.74, 6) is -0.223. The summed E-state index contributed by atoms with van der Waals surface area (Å²) in [7, 11) is 0. The van der Waals surface area contributed by atoms with Gasteiger partial charge in [0, 0.05) is 10.0 Å². The Morgan fingerprint density at radius 3 is 2.36 bits per heavy atom. The Bertz CT molecular complexity index is 361. The Morgan fingerprint density at radius 1 is 1.36 bits per heavy atom. The summed E-state index contributed by atoms with van der Waals surface area (Å²) < 4.78 is 14.3. The van der Waals surface area contributed by atoms with Gasteiger partial charge in [-0.05, 0) is 23.1 Å². The highest BCUT2D eigenvalue weighted by atomic mass is 79.9. The maximum Gasteiger partial charge on any atom is 0.131 e. The quantitative estimate of drug-likeness (QED) is 0.687. The third kappa shape index (κ3) is 2.44. The van der Waals surface area contributed by atoms with Crippen LogP contribution in [0.4, 0.5) is 4.39 Å². The molecule has 0 aromatic heterocycles. The van der Waals surface area contributed by atoms with Crippen LogP contribution in [0.15, 0.2) is 29.3 Å². The molecule has 0 aliphatic rings. The van der Waals surface area contributed by atoms with Gasteiger partial charge in [-0.15, -0.1) is 0 Å². The highest BCUT2D eigenvalue weighted by Gasteiger charge is 2.19. The third-order valence-corrected chi connectivity index (χ3v) is 2.65. The molecule has 0 unspecified atom stereocenters.